The molecular weight excluding hydrogens is 278 g/mol. The largest absolute Gasteiger partial charge is 0.360 e. The Morgan fingerprint density at radius 1 is 1.45 bits per heavy atom. The van der Waals surface area contributed by atoms with E-state index < -0.39 is 10.0 Å². The Kier molecular flexibility index (Phi) is 3.31. The Morgan fingerprint density at radius 2 is 2.25 bits per heavy atom. The first kappa shape index (κ1) is 13.3. The summed E-state index contributed by atoms with van der Waals surface area (Å²) in [5.41, 5.74) is 0.745. The predicted molar refractivity (Wildman–Crippen MR) is 71.2 cm³/mol. The molecule has 0 aliphatic heterocycles. The highest BCUT2D eigenvalue weighted by Gasteiger charge is 2.38. The van der Waals surface area contributed by atoms with Crippen molar-refractivity contribution in [2.75, 3.05) is 0 Å². The lowest BCUT2D eigenvalue weighted by molar-refractivity contribution is 0.316. The van der Waals surface area contributed by atoms with E-state index in [1.54, 1.807) is 24.4 Å². The summed E-state index contributed by atoms with van der Waals surface area (Å²) in [7, 11) is -3.54. The maximum atomic E-state index is 12.6. The first-order chi connectivity index (χ1) is 9.57. The van der Waals surface area contributed by atoms with Crippen molar-refractivity contribution >= 4 is 10.0 Å². The summed E-state index contributed by atoms with van der Waals surface area (Å²) in [6.07, 6.45) is 4.69. The van der Waals surface area contributed by atoms with Crippen LogP contribution in [0.1, 0.15) is 24.3 Å². The number of pyridine rings is 1. The van der Waals surface area contributed by atoms with Crippen molar-refractivity contribution in [3.8, 4) is 0 Å². The molecule has 7 heteroatoms. The number of hydrogen-bond donors (Lipinski definition) is 0. The number of nitrogens with zero attached hydrogens (tertiary/aromatic N) is 3. The van der Waals surface area contributed by atoms with Crippen molar-refractivity contribution in [2.45, 2.75) is 37.2 Å². The molecule has 2 aromatic rings. The minimum Gasteiger partial charge on any atom is -0.360 e. The SMILES string of the molecule is Cc1cc(CN(C2CC2)S(=O)(=O)c2cccnc2)on1. The average Bonchev–Trinajstić information content (AvgIpc) is 3.20. The molecule has 2 heterocycles. The van der Waals surface area contributed by atoms with Crippen LogP contribution in [0.4, 0.5) is 0 Å². The van der Waals surface area contributed by atoms with Gasteiger partial charge in [-0.05, 0) is 31.9 Å². The molecule has 0 unspecified atom stereocenters. The van der Waals surface area contributed by atoms with Crippen LogP contribution in [0.15, 0.2) is 40.0 Å². The molecule has 0 atom stereocenters. The summed E-state index contributed by atoms with van der Waals surface area (Å²) in [6, 6.07) is 4.99. The van der Waals surface area contributed by atoms with Crippen LogP contribution >= 0.6 is 0 Å². The summed E-state index contributed by atoms with van der Waals surface area (Å²) >= 11 is 0. The van der Waals surface area contributed by atoms with Crippen LogP contribution in [-0.4, -0.2) is 28.9 Å². The van der Waals surface area contributed by atoms with E-state index in [4.69, 9.17) is 4.52 Å². The summed E-state index contributed by atoms with van der Waals surface area (Å²) in [5, 5.41) is 3.80. The van der Waals surface area contributed by atoms with E-state index in [1.807, 2.05) is 6.92 Å². The highest BCUT2D eigenvalue weighted by atomic mass is 32.2. The number of sulfonamides is 1. The molecule has 0 bridgehead atoms. The van der Waals surface area contributed by atoms with Gasteiger partial charge in [0, 0.05) is 24.5 Å². The molecular formula is C13H15N3O3S. The van der Waals surface area contributed by atoms with Crippen molar-refractivity contribution in [2.24, 2.45) is 0 Å². The molecule has 20 heavy (non-hydrogen) atoms. The predicted octanol–water partition coefficient (Wildman–Crippen LogP) is 1.73. The van der Waals surface area contributed by atoms with Gasteiger partial charge in [0.15, 0.2) is 5.76 Å². The quantitative estimate of drug-likeness (QED) is 0.839. The van der Waals surface area contributed by atoms with Gasteiger partial charge in [-0.2, -0.15) is 4.31 Å². The zero-order valence-corrected chi connectivity index (χ0v) is 11.9. The topological polar surface area (TPSA) is 76.3 Å². The van der Waals surface area contributed by atoms with Gasteiger partial charge in [0.05, 0.1) is 12.2 Å². The summed E-state index contributed by atoms with van der Waals surface area (Å²) in [4.78, 5) is 4.09. The Balaban J connectivity index is 1.91. The normalized spacial score (nSPS) is 15.7. The van der Waals surface area contributed by atoms with Gasteiger partial charge in [-0.1, -0.05) is 5.16 Å². The Labute approximate surface area is 117 Å². The zero-order chi connectivity index (χ0) is 14.2. The van der Waals surface area contributed by atoms with Crippen molar-refractivity contribution in [3.05, 3.63) is 42.0 Å². The second kappa shape index (κ2) is 4.99. The fourth-order valence-corrected chi connectivity index (χ4v) is 3.67. The average molecular weight is 293 g/mol. The Morgan fingerprint density at radius 3 is 2.80 bits per heavy atom. The van der Waals surface area contributed by atoms with Gasteiger partial charge >= 0.3 is 0 Å². The molecule has 0 spiro atoms. The molecule has 106 valence electrons. The van der Waals surface area contributed by atoms with E-state index in [9.17, 15) is 8.42 Å². The minimum absolute atomic E-state index is 0.0469. The molecule has 1 aliphatic rings. The van der Waals surface area contributed by atoms with Crippen LogP contribution in [-0.2, 0) is 16.6 Å². The van der Waals surface area contributed by atoms with Gasteiger partial charge in [-0.25, -0.2) is 8.42 Å². The summed E-state index contributed by atoms with van der Waals surface area (Å²) in [5.74, 6) is 0.557. The lowest BCUT2D eigenvalue weighted by Gasteiger charge is -2.20. The second-order valence-corrected chi connectivity index (χ2v) is 6.80. The number of hydrogen-bond acceptors (Lipinski definition) is 5. The first-order valence-corrected chi connectivity index (χ1v) is 7.85. The molecule has 0 saturated heterocycles. The highest BCUT2D eigenvalue weighted by molar-refractivity contribution is 7.89. The molecule has 0 N–H and O–H groups in total. The molecule has 6 nitrogen and oxygen atoms in total. The van der Waals surface area contributed by atoms with E-state index in [-0.39, 0.29) is 17.5 Å². The van der Waals surface area contributed by atoms with Crippen LogP contribution in [0.2, 0.25) is 0 Å². The lowest BCUT2D eigenvalue weighted by atomic mass is 10.4. The number of rotatable bonds is 5. The maximum absolute atomic E-state index is 12.6. The molecule has 1 saturated carbocycles. The molecule has 1 aliphatic carbocycles. The molecule has 2 aromatic heterocycles. The van der Waals surface area contributed by atoms with Crippen molar-refractivity contribution < 1.29 is 12.9 Å². The maximum Gasteiger partial charge on any atom is 0.245 e. The number of aromatic nitrogens is 2. The molecule has 0 radical (unpaired) electrons. The molecule has 0 aromatic carbocycles. The first-order valence-electron chi connectivity index (χ1n) is 6.41. The van der Waals surface area contributed by atoms with Gasteiger partial charge in [0.2, 0.25) is 10.0 Å². The van der Waals surface area contributed by atoms with Crippen LogP contribution in [0, 0.1) is 6.92 Å². The van der Waals surface area contributed by atoms with Crippen LogP contribution in [0.5, 0.6) is 0 Å². The third-order valence-corrected chi connectivity index (χ3v) is 5.07. The smallest absolute Gasteiger partial charge is 0.245 e. The van der Waals surface area contributed by atoms with E-state index in [0.29, 0.717) is 5.76 Å². The second-order valence-electron chi connectivity index (χ2n) is 4.90. The highest BCUT2D eigenvalue weighted by Crippen LogP contribution is 2.33. The van der Waals surface area contributed by atoms with Crippen LogP contribution in [0.3, 0.4) is 0 Å². The fraction of sp³-hybridized carbons (Fsp3) is 0.385. The van der Waals surface area contributed by atoms with Crippen molar-refractivity contribution in [1.29, 1.82) is 0 Å². The monoisotopic (exact) mass is 293 g/mol. The van der Waals surface area contributed by atoms with Gasteiger partial charge in [-0.3, -0.25) is 4.98 Å². The Bertz CT molecular complexity index is 693. The standard InChI is InChI=1S/C13H15N3O3S/c1-10-7-12(19-15-10)9-16(11-4-5-11)20(17,18)13-3-2-6-14-8-13/h2-3,6-8,11H,4-5,9H2,1H3. The third-order valence-electron chi connectivity index (χ3n) is 3.18. The summed E-state index contributed by atoms with van der Waals surface area (Å²) in [6.45, 7) is 2.02. The zero-order valence-electron chi connectivity index (χ0n) is 11.1. The van der Waals surface area contributed by atoms with Crippen molar-refractivity contribution in [3.63, 3.8) is 0 Å². The van der Waals surface area contributed by atoms with Crippen molar-refractivity contribution in [1.82, 2.24) is 14.4 Å². The summed E-state index contributed by atoms with van der Waals surface area (Å²) < 4.78 is 31.9. The molecule has 3 rings (SSSR count). The van der Waals surface area contributed by atoms with Gasteiger partial charge < -0.3 is 4.52 Å². The van der Waals surface area contributed by atoms with E-state index in [1.165, 1.54) is 10.5 Å². The number of aryl methyl sites for hydroxylation is 1. The van der Waals surface area contributed by atoms with Gasteiger partial charge in [-0.15, -0.1) is 0 Å². The van der Waals surface area contributed by atoms with Gasteiger partial charge in [0.25, 0.3) is 0 Å². The fourth-order valence-electron chi connectivity index (χ4n) is 2.05. The molecule has 0 amide bonds. The minimum atomic E-state index is -3.54. The van der Waals surface area contributed by atoms with E-state index >= 15 is 0 Å². The molecule has 1 fully saturated rings. The van der Waals surface area contributed by atoms with Crippen LogP contribution < -0.4 is 0 Å². The van der Waals surface area contributed by atoms with Gasteiger partial charge in [0.1, 0.15) is 4.90 Å². The van der Waals surface area contributed by atoms with E-state index in [2.05, 4.69) is 10.1 Å². The Hall–Kier alpha value is -1.73. The van der Waals surface area contributed by atoms with E-state index in [0.717, 1.165) is 18.5 Å². The van der Waals surface area contributed by atoms with Crippen LogP contribution in [0.25, 0.3) is 0 Å². The third kappa shape index (κ3) is 2.59. The lowest BCUT2D eigenvalue weighted by Crippen LogP contribution is -2.32.